The van der Waals surface area contributed by atoms with Gasteiger partial charge < -0.3 is 14.5 Å². The molecule has 0 radical (unpaired) electrons. The van der Waals surface area contributed by atoms with Crippen molar-refractivity contribution >= 4 is 11.7 Å². The van der Waals surface area contributed by atoms with E-state index in [0.717, 1.165) is 24.3 Å². The van der Waals surface area contributed by atoms with E-state index in [4.69, 9.17) is 4.74 Å². The maximum atomic E-state index is 13.2. The first-order valence-electron chi connectivity index (χ1n) is 9.47. The van der Waals surface area contributed by atoms with E-state index >= 15 is 0 Å². The number of carbonyl (C=O) groups is 1. The Morgan fingerprint density at radius 1 is 1.15 bits per heavy atom. The molecule has 1 aromatic heterocycles. The molecule has 4 rings (SSSR count). The van der Waals surface area contributed by atoms with Gasteiger partial charge in [0.05, 0.1) is 18.8 Å². The maximum Gasteiger partial charge on any atom is 0.255 e. The Balaban J connectivity index is 1.45. The van der Waals surface area contributed by atoms with Gasteiger partial charge in [-0.05, 0) is 43.2 Å². The fraction of sp³-hybridized carbons (Fsp3) is 0.429. The van der Waals surface area contributed by atoms with E-state index in [9.17, 15) is 9.18 Å². The van der Waals surface area contributed by atoms with Crippen LogP contribution in [0.5, 0.6) is 0 Å². The summed E-state index contributed by atoms with van der Waals surface area (Å²) in [7, 11) is 0. The molecule has 2 fully saturated rings. The lowest BCUT2D eigenvalue weighted by atomic mass is 9.97. The zero-order chi connectivity index (χ0) is 18.8. The number of aromatic nitrogens is 1. The minimum Gasteiger partial charge on any atom is -0.378 e. The highest BCUT2D eigenvalue weighted by atomic mass is 19.1. The zero-order valence-electron chi connectivity index (χ0n) is 15.5. The highest BCUT2D eigenvalue weighted by Crippen LogP contribution is 2.34. The third-order valence-electron chi connectivity index (χ3n) is 5.50. The minimum absolute atomic E-state index is 0.0102. The SMILES string of the molecule is CC1CC(c2ccc(F)cc2)CN1c1ccc(C(=O)N2CCOCC2)cn1. The number of carbonyl (C=O) groups excluding carboxylic acids is 1. The van der Waals surface area contributed by atoms with Gasteiger partial charge in [-0.1, -0.05) is 12.1 Å². The number of anilines is 1. The Morgan fingerprint density at radius 2 is 1.89 bits per heavy atom. The molecule has 2 atom stereocenters. The summed E-state index contributed by atoms with van der Waals surface area (Å²) in [5.41, 5.74) is 1.77. The van der Waals surface area contributed by atoms with Crippen LogP contribution in [0.15, 0.2) is 42.6 Å². The molecule has 1 aromatic carbocycles. The molecule has 0 N–H and O–H groups in total. The average molecular weight is 369 g/mol. The lowest BCUT2D eigenvalue weighted by molar-refractivity contribution is 0.0302. The number of amides is 1. The van der Waals surface area contributed by atoms with E-state index < -0.39 is 0 Å². The van der Waals surface area contributed by atoms with Gasteiger partial charge >= 0.3 is 0 Å². The molecule has 142 valence electrons. The van der Waals surface area contributed by atoms with Crippen molar-refractivity contribution in [2.24, 2.45) is 0 Å². The predicted molar refractivity (Wildman–Crippen MR) is 102 cm³/mol. The standard InChI is InChI=1S/C21H24FN3O2/c1-15-12-18(16-2-5-19(22)6-3-16)14-25(15)20-7-4-17(13-23-20)21(26)24-8-10-27-11-9-24/h2-7,13,15,18H,8-12,14H2,1H3. The van der Waals surface area contributed by atoms with Gasteiger partial charge in [0.2, 0.25) is 0 Å². The lowest BCUT2D eigenvalue weighted by Crippen LogP contribution is -2.40. The summed E-state index contributed by atoms with van der Waals surface area (Å²) < 4.78 is 18.5. The lowest BCUT2D eigenvalue weighted by Gasteiger charge is -2.27. The van der Waals surface area contributed by atoms with Gasteiger partial charge in [-0.2, -0.15) is 0 Å². The molecule has 5 nitrogen and oxygen atoms in total. The van der Waals surface area contributed by atoms with Crippen molar-refractivity contribution in [1.29, 1.82) is 0 Å². The van der Waals surface area contributed by atoms with Gasteiger partial charge in [-0.25, -0.2) is 9.37 Å². The first-order chi connectivity index (χ1) is 13.1. The zero-order valence-corrected chi connectivity index (χ0v) is 15.5. The molecule has 0 bridgehead atoms. The summed E-state index contributed by atoms with van der Waals surface area (Å²) in [6.07, 6.45) is 2.67. The normalized spacial score (nSPS) is 22.9. The highest BCUT2D eigenvalue weighted by Gasteiger charge is 2.31. The fourth-order valence-corrected chi connectivity index (χ4v) is 3.96. The molecule has 0 aliphatic carbocycles. The molecule has 2 aliphatic heterocycles. The number of morpholine rings is 1. The molecule has 2 aliphatic rings. The van der Waals surface area contributed by atoms with Crippen molar-refractivity contribution in [2.75, 3.05) is 37.7 Å². The fourth-order valence-electron chi connectivity index (χ4n) is 3.96. The number of halogens is 1. The van der Waals surface area contributed by atoms with Crippen LogP contribution in [0, 0.1) is 5.82 Å². The van der Waals surface area contributed by atoms with Crippen LogP contribution in [0.25, 0.3) is 0 Å². The third kappa shape index (κ3) is 3.81. The Labute approximate surface area is 158 Å². The minimum atomic E-state index is -0.205. The van der Waals surface area contributed by atoms with Crippen LogP contribution in [0.3, 0.4) is 0 Å². The van der Waals surface area contributed by atoms with Gasteiger partial charge in [0, 0.05) is 37.8 Å². The van der Waals surface area contributed by atoms with E-state index in [1.807, 2.05) is 29.2 Å². The summed E-state index contributed by atoms with van der Waals surface area (Å²) in [5.74, 6) is 1.04. The number of nitrogens with zero attached hydrogens (tertiary/aromatic N) is 3. The number of ether oxygens (including phenoxy) is 1. The van der Waals surface area contributed by atoms with Crippen molar-refractivity contribution in [2.45, 2.75) is 25.3 Å². The van der Waals surface area contributed by atoms with Crippen LogP contribution in [0.4, 0.5) is 10.2 Å². The van der Waals surface area contributed by atoms with Crippen LogP contribution in [0.2, 0.25) is 0 Å². The van der Waals surface area contributed by atoms with Crippen molar-refractivity contribution in [3.05, 3.63) is 59.5 Å². The van der Waals surface area contributed by atoms with Crippen molar-refractivity contribution < 1.29 is 13.9 Å². The number of benzene rings is 1. The topological polar surface area (TPSA) is 45.7 Å². The molecule has 3 heterocycles. The van der Waals surface area contributed by atoms with Crippen LogP contribution in [-0.2, 0) is 4.74 Å². The second kappa shape index (κ2) is 7.64. The Hall–Kier alpha value is -2.47. The van der Waals surface area contributed by atoms with Gasteiger partial charge in [-0.3, -0.25) is 4.79 Å². The number of pyridine rings is 1. The van der Waals surface area contributed by atoms with E-state index in [1.165, 1.54) is 12.1 Å². The molecule has 2 saturated heterocycles. The third-order valence-corrected chi connectivity index (χ3v) is 5.50. The van der Waals surface area contributed by atoms with Crippen LogP contribution in [-0.4, -0.2) is 54.7 Å². The predicted octanol–water partition coefficient (Wildman–Crippen LogP) is 3.08. The Morgan fingerprint density at radius 3 is 2.56 bits per heavy atom. The van der Waals surface area contributed by atoms with E-state index in [-0.39, 0.29) is 11.7 Å². The van der Waals surface area contributed by atoms with E-state index in [2.05, 4.69) is 16.8 Å². The summed E-state index contributed by atoms with van der Waals surface area (Å²) in [6, 6.07) is 10.9. The first-order valence-corrected chi connectivity index (χ1v) is 9.47. The van der Waals surface area contributed by atoms with E-state index in [1.54, 1.807) is 6.20 Å². The first kappa shape index (κ1) is 17.9. The summed E-state index contributed by atoms with van der Waals surface area (Å²) in [6.45, 7) is 5.46. The van der Waals surface area contributed by atoms with Crippen molar-refractivity contribution in [1.82, 2.24) is 9.88 Å². The van der Waals surface area contributed by atoms with Crippen molar-refractivity contribution in [3.63, 3.8) is 0 Å². The molecule has 27 heavy (non-hydrogen) atoms. The number of hydrogen-bond acceptors (Lipinski definition) is 4. The quantitative estimate of drug-likeness (QED) is 0.834. The van der Waals surface area contributed by atoms with Gasteiger partial charge in [0.1, 0.15) is 11.6 Å². The van der Waals surface area contributed by atoms with Crippen LogP contribution >= 0.6 is 0 Å². The molecular weight excluding hydrogens is 345 g/mol. The summed E-state index contributed by atoms with van der Waals surface area (Å²) in [4.78, 5) is 21.2. The Kier molecular flexibility index (Phi) is 5.07. The van der Waals surface area contributed by atoms with Crippen LogP contribution in [0.1, 0.15) is 35.2 Å². The number of rotatable bonds is 3. The van der Waals surface area contributed by atoms with Crippen LogP contribution < -0.4 is 4.90 Å². The second-order valence-electron chi connectivity index (χ2n) is 7.30. The molecule has 6 heteroatoms. The molecule has 1 amide bonds. The maximum absolute atomic E-state index is 13.2. The molecular formula is C21H24FN3O2. The highest BCUT2D eigenvalue weighted by molar-refractivity contribution is 5.94. The van der Waals surface area contributed by atoms with Gasteiger partial charge in [0.25, 0.3) is 5.91 Å². The smallest absolute Gasteiger partial charge is 0.255 e. The van der Waals surface area contributed by atoms with Crippen molar-refractivity contribution in [3.8, 4) is 0 Å². The molecule has 0 spiro atoms. The molecule has 2 unspecified atom stereocenters. The average Bonchev–Trinajstić information content (AvgIpc) is 3.10. The van der Waals surface area contributed by atoms with Gasteiger partial charge in [-0.15, -0.1) is 0 Å². The second-order valence-corrected chi connectivity index (χ2v) is 7.30. The summed E-state index contributed by atoms with van der Waals surface area (Å²) >= 11 is 0. The van der Waals surface area contributed by atoms with Gasteiger partial charge in [0.15, 0.2) is 0 Å². The molecule has 2 aromatic rings. The Bertz CT molecular complexity index is 788. The molecule has 0 saturated carbocycles. The van der Waals surface area contributed by atoms with E-state index in [0.29, 0.717) is 43.8 Å². The summed E-state index contributed by atoms with van der Waals surface area (Å²) in [5, 5.41) is 0. The largest absolute Gasteiger partial charge is 0.378 e. The number of hydrogen-bond donors (Lipinski definition) is 0. The monoisotopic (exact) mass is 369 g/mol.